The number of nitrogens with two attached hydrogens (primary N) is 1. The van der Waals surface area contributed by atoms with Crippen molar-refractivity contribution in [3.8, 4) is 5.75 Å². The molecule has 0 amide bonds. The average molecular weight is 309 g/mol. The van der Waals surface area contributed by atoms with Crippen LogP contribution in [0.4, 0.5) is 5.69 Å². The van der Waals surface area contributed by atoms with Gasteiger partial charge >= 0.3 is 5.97 Å². The number of carbonyl (C=O) groups is 1. The first-order valence-corrected chi connectivity index (χ1v) is 8.40. The number of rotatable bonds is 8. The van der Waals surface area contributed by atoms with E-state index in [-0.39, 0.29) is 11.4 Å². The first-order valence-electron chi connectivity index (χ1n) is 7.24. The first-order chi connectivity index (χ1) is 10.1. The summed E-state index contributed by atoms with van der Waals surface area (Å²) in [5.41, 5.74) is 7.88. The normalized spacial score (nSPS) is 15.5. The molecule has 2 N–H and O–H groups in total. The Kier molecular flexibility index (Phi) is 5.39. The van der Waals surface area contributed by atoms with Gasteiger partial charge in [0.15, 0.2) is 0 Å². The van der Waals surface area contributed by atoms with Gasteiger partial charge in [0, 0.05) is 17.0 Å². The molecule has 1 aliphatic rings. The molecule has 1 saturated carbocycles. The second kappa shape index (κ2) is 7.07. The monoisotopic (exact) mass is 309 g/mol. The predicted molar refractivity (Wildman–Crippen MR) is 86.5 cm³/mol. The molecule has 0 aliphatic heterocycles. The SMILES string of the molecule is CCOc1ccc(N)cc1CSCC1(CC(=O)OC)CC1. The molecule has 0 bridgehead atoms. The molecule has 1 aliphatic carbocycles. The molecule has 4 nitrogen and oxygen atoms in total. The Morgan fingerprint density at radius 3 is 2.81 bits per heavy atom. The Labute approximate surface area is 130 Å². The molecule has 5 heteroatoms. The highest BCUT2D eigenvalue weighted by Crippen LogP contribution is 2.51. The highest BCUT2D eigenvalue weighted by Gasteiger charge is 2.44. The van der Waals surface area contributed by atoms with Crippen LogP contribution in [-0.2, 0) is 15.3 Å². The summed E-state index contributed by atoms with van der Waals surface area (Å²) in [5, 5.41) is 0. The zero-order chi connectivity index (χ0) is 15.3. The van der Waals surface area contributed by atoms with Crippen molar-refractivity contribution in [1.82, 2.24) is 0 Å². The van der Waals surface area contributed by atoms with Gasteiger partial charge in [-0.3, -0.25) is 4.79 Å². The van der Waals surface area contributed by atoms with Crippen molar-refractivity contribution in [3.63, 3.8) is 0 Å². The summed E-state index contributed by atoms with van der Waals surface area (Å²) in [4.78, 5) is 11.4. The molecule has 0 radical (unpaired) electrons. The third kappa shape index (κ3) is 4.56. The van der Waals surface area contributed by atoms with E-state index < -0.39 is 0 Å². The number of anilines is 1. The van der Waals surface area contributed by atoms with Crippen LogP contribution in [0.15, 0.2) is 18.2 Å². The Bertz CT molecular complexity index is 500. The van der Waals surface area contributed by atoms with E-state index in [1.54, 1.807) is 0 Å². The quantitative estimate of drug-likeness (QED) is 0.590. The number of methoxy groups -OCH3 is 1. The number of carbonyl (C=O) groups excluding carboxylic acids is 1. The van der Waals surface area contributed by atoms with E-state index in [0.717, 1.165) is 41.3 Å². The van der Waals surface area contributed by atoms with Gasteiger partial charge in [-0.15, -0.1) is 0 Å². The molecule has 0 saturated heterocycles. The number of hydrogen-bond acceptors (Lipinski definition) is 5. The summed E-state index contributed by atoms with van der Waals surface area (Å²) < 4.78 is 10.4. The maximum absolute atomic E-state index is 11.4. The van der Waals surface area contributed by atoms with Crippen LogP contribution in [0.1, 0.15) is 31.7 Å². The van der Waals surface area contributed by atoms with E-state index in [4.69, 9.17) is 15.2 Å². The summed E-state index contributed by atoms with van der Waals surface area (Å²) >= 11 is 1.83. The molecule has 21 heavy (non-hydrogen) atoms. The van der Waals surface area contributed by atoms with Gasteiger partial charge in [-0.1, -0.05) is 0 Å². The summed E-state index contributed by atoms with van der Waals surface area (Å²) in [6.45, 7) is 2.62. The van der Waals surface area contributed by atoms with E-state index in [1.165, 1.54) is 7.11 Å². The van der Waals surface area contributed by atoms with Crippen LogP contribution in [0.25, 0.3) is 0 Å². The van der Waals surface area contributed by atoms with E-state index in [0.29, 0.717) is 13.0 Å². The second-order valence-corrected chi connectivity index (χ2v) is 6.53. The van der Waals surface area contributed by atoms with Crippen molar-refractivity contribution >= 4 is 23.4 Å². The van der Waals surface area contributed by atoms with Crippen molar-refractivity contribution in [2.24, 2.45) is 5.41 Å². The predicted octanol–water partition coefficient (Wildman–Crippen LogP) is 3.24. The molecule has 0 heterocycles. The fourth-order valence-electron chi connectivity index (χ4n) is 2.31. The lowest BCUT2D eigenvalue weighted by Crippen LogP contribution is -2.13. The molecular weight excluding hydrogens is 286 g/mol. The zero-order valence-corrected chi connectivity index (χ0v) is 13.5. The van der Waals surface area contributed by atoms with E-state index >= 15 is 0 Å². The minimum Gasteiger partial charge on any atom is -0.494 e. The molecule has 1 aromatic carbocycles. The van der Waals surface area contributed by atoms with Crippen LogP contribution in [0.5, 0.6) is 5.75 Å². The minimum atomic E-state index is -0.105. The van der Waals surface area contributed by atoms with Gasteiger partial charge < -0.3 is 15.2 Å². The molecule has 1 fully saturated rings. The standard InChI is InChI=1S/C16H23NO3S/c1-3-20-14-5-4-13(17)8-12(14)10-21-11-16(6-7-16)9-15(18)19-2/h4-5,8H,3,6-7,9-11,17H2,1-2H3. The minimum absolute atomic E-state index is 0.105. The fraction of sp³-hybridized carbons (Fsp3) is 0.562. The van der Waals surface area contributed by atoms with Gasteiger partial charge in [0.2, 0.25) is 0 Å². The maximum atomic E-state index is 11.4. The highest BCUT2D eigenvalue weighted by atomic mass is 32.2. The van der Waals surface area contributed by atoms with Gasteiger partial charge in [-0.2, -0.15) is 11.8 Å². The molecule has 2 rings (SSSR count). The zero-order valence-electron chi connectivity index (χ0n) is 12.7. The van der Waals surface area contributed by atoms with Gasteiger partial charge in [-0.25, -0.2) is 0 Å². The first kappa shape index (κ1) is 16.0. The van der Waals surface area contributed by atoms with E-state index in [1.807, 2.05) is 36.9 Å². The van der Waals surface area contributed by atoms with Crippen LogP contribution >= 0.6 is 11.8 Å². The van der Waals surface area contributed by atoms with Gasteiger partial charge in [0.25, 0.3) is 0 Å². The number of thioether (sulfide) groups is 1. The molecule has 0 aromatic heterocycles. The number of hydrogen-bond donors (Lipinski definition) is 1. The fourth-order valence-corrected chi connectivity index (χ4v) is 3.68. The lowest BCUT2D eigenvalue weighted by Gasteiger charge is -2.15. The Balaban J connectivity index is 1.88. The Hall–Kier alpha value is -1.36. The van der Waals surface area contributed by atoms with Crippen LogP contribution in [0, 0.1) is 5.41 Å². The molecule has 0 unspecified atom stereocenters. The summed E-state index contributed by atoms with van der Waals surface area (Å²) in [6, 6.07) is 5.76. The topological polar surface area (TPSA) is 61.5 Å². The molecule has 116 valence electrons. The van der Waals surface area contributed by atoms with E-state index in [2.05, 4.69) is 0 Å². The number of esters is 1. The van der Waals surface area contributed by atoms with Gasteiger partial charge in [-0.05, 0) is 49.1 Å². The van der Waals surface area contributed by atoms with Crippen molar-refractivity contribution in [1.29, 1.82) is 0 Å². The van der Waals surface area contributed by atoms with Crippen LogP contribution in [0.3, 0.4) is 0 Å². The van der Waals surface area contributed by atoms with Crippen LogP contribution in [0.2, 0.25) is 0 Å². The highest BCUT2D eigenvalue weighted by molar-refractivity contribution is 7.98. The van der Waals surface area contributed by atoms with Gasteiger partial charge in [0.05, 0.1) is 20.1 Å². The summed E-state index contributed by atoms with van der Waals surface area (Å²) in [5.74, 6) is 2.62. The smallest absolute Gasteiger partial charge is 0.306 e. The third-order valence-corrected chi connectivity index (χ3v) is 5.09. The lowest BCUT2D eigenvalue weighted by molar-refractivity contribution is -0.141. The summed E-state index contributed by atoms with van der Waals surface area (Å²) in [7, 11) is 1.45. The summed E-state index contributed by atoms with van der Waals surface area (Å²) in [6.07, 6.45) is 2.76. The molecule has 0 atom stereocenters. The van der Waals surface area contributed by atoms with Crippen molar-refractivity contribution in [3.05, 3.63) is 23.8 Å². The van der Waals surface area contributed by atoms with Crippen molar-refractivity contribution in [2.75, 3.05) is 25.2 Å². The van der Waals surface area contributed by atoms with Gasteiger partial charge in [0.1, 0.15) is 5.75 Å². The molecular formula is C16H23NO3S. The number of ether oxygens (including phenoxy) is 2. The second-order valence-electron chi connectivity index (χ2n) is 5.55. The maximum Gasteiger partial charge on any atom is 0.306 e. The largest absolute Gasteiger partial charge is 0.494 e. The number of nitrogen functional groups attached to an aromatic ring is 1. The lowest BCUT2D eigenvalue weighted by atomic mass is 10.1. The number of benzene rings is 1. The van der Waals surface area contributed by atoms with Crippen molar-refractivity contribution < 1.29 is 14.3 Å². The third-order valence-electron chi connectivity index (χ3n) is 3.75. The Morgan fingerprint density at radius 2 is 2.19 bits per heavy atom. The molecule has 1 aromatic rings. The van der Waals surface area contributed by atoms with Crippen molar-refractivity contribution in [2.45, 2.75) is 31.9 Å². The van der Waals surface area contributed by atoms with Crippen LogP contribution < -0.4 is 10.5 Å². The van der Waals surface area contributed by atoms with Crippen LogP contribution in [-0.4, -0.2) is 25.4 Å². The average Bonchev–Trinajstić information content (AvgIpc) is 3.21. The Morgan fingerprint density at radius 1 is 1.43 bits per heavy atom. The van der Waals surface area contributed by atoms with E-state index in [9.17, 15) is 4.79 Å². The molecule has 0 spiro atoms.